The van der Waals surface area contributed by atoms with Gasteiger partial charge in [0.25, 0.3) is 0 Å². The largest absolute Gasteiger partial charge is 0.775 e. The van der Waals surface area contributed by atoms with Crippen LogP contribution >= 0.6 is 30.4 Å². The number of fused-ring (bicyclic) bond motifs is 8. The van der Waals surface area contributed by atoms with Crippen LogP contribution in [0.3, 0.4) is 0 Å². The highest BCUT2D eigenvalue weighted by Gasteiger charge is 2.29. The van der Waals surface area contributed by atoms with Crippen molar-refractivity contribution in [2.45, 2.75) is 132 Å². The monoisotopic (exact) mass is 1080 g/mol. The van der Waals surface area contributed by atoms with E-state index in [4.69, 9.17) is 37.0 Å². The predicted molar refractivity (Wildman–Crippen MR) is 274 cm³/mol. The van der Waals surface area contributed by atoms with E-state index in [0.29, 0.717) is 93.2 Å². The van der Waals surface area contributed by atoms with Gasteiger partial charge >= 0.3 is 0 Å². The summed E-state index contributed by atoms with van der Waals surface area (Å²) in [4.78, 5) is 56.3. The highest BCUT2D eigenvalue weighted by Crippen LogP contribution is 2.47. The van der Waals surface area contributed by atoms with Gasteiger partial charge in [0.2, 0.25) is 0 Å². The fourth-order valence-electron chi connectivity index (χ4n) is 8.44. The number of rotatable bonds is 28. The standard InChI is InChI=1S/C52H76O16P4/c1-9-17-21-61-49-37-25-39-31-46(70(55,56)66-14-6)33-41(50(39)62-22-18-10-2)27-43-35-48(72(59,60)68-16-8)36-44(52(43)64-24-20-12-4)28-42-34-47(71(57,58)67-15-7)32-40(51(42)63-23-19-11-3)26-38(49)30-45(29-37)69(53,54)65-13-5/h29-36H,9-28H2,1-8H3,(H,53,54)(H,55,56)(H,57,58)(H,59,60)/p-4. The number of hydrogen-bond donors (Lipinski definition) is 0. The van der Waals surface area contributed by atoms with Crippen LogP contribution in [-0.2, 0) is 62.0 Å². The second-order valence-electron chi connectivity index (χ2n) is 17.5. The first-order valence-corrected chi connectivity index (χ1v) is 31.5. The van der Waals surface area contributed by atoms with Crippen molar-refractivity contribution in [2.24, 2.45) is 0 Å². The smallest absolute Gasteiger partial charge is 0.165 e. The Hall–Kier alpha value is -3.32. The van der Waals surface area contributed by atoms with E-state index >= 15 is 0 Å². The van der Waals surface area contributed by atoms with Crippen molar-refractivity contribution in [3.63, 3.8) is 0 Å². The van der Waals surface area contributed by atoms with Gasteiger partial charge in [-0.3, -0.25) is 0 Å². The third-order valence-electron chi connectivity index (χ3n) is 11.9. The summed E-state index contributed by atoms with van der Waals surface area (Å²) in [7, 11) is -19.2. The van der Waals surface area contributed by atoms with E-state index in [1.807, 2.05) is 27.7 Å². The van der Waals surface area contributed by atoms with E-state index in [1.165, 1.54) is 48.5 Å². The lowest BCUT2D eigenvalue weighted by molar-refractivity contribution is -0.194. The summed E-state index contributed by atoms with van der Waals surface area (Å²) in [5, 5.41) is -0.747. The molecule has 0 spiro atoms. The van der Waals surface area contributed by atoms with Crippen LogP contribution in [-0.4, -0.2) is 52.9 Å². The van der Waals surface area contributed by atoms with Gasteiger partial charge in [0.05, 0.1) is 52.9 Å². The van der Waals surface area contributed by atoms with Crippen molar-refractivity contribution < 1.29 is 74.9 Å². The molecule has 0 amide bonds. The summed E-state index contributed by atoms with van der Waals surface area (Å²) >= 11 is 0. The van der Waals surface area contributed by atoms with Gasteiger partial charge in [0.15, 0.2) is 30.4 Å². The molecule has 4 atom stereocenters. The highest BCUT2D eigenvalue weighted by molar-refractivity contribution is 7.60. The third-order valence-corrected chi connectivity index (χ3v) is 17.8. The number of benzene rings is 4. The van der Waals surface area contributed by atoms with Gasteiger partial charge in [-0.25, -0.2) is 0 Å². The third kappa shape index (κ3) is 15.4. The Morgan fingerprint density at radius 1 is 0.333 bits per heavy atom. The molecule has 0 N–H and O–H groups in total. The zero-order valence-corrected chi connectivity index (χ0v) is 46.7. The molecule has 4 aromatic rings. The predicted octanol–water partition coefficient (Wildman–Crippen LogP) is 7.94. The van der Waals surface area contributed by atoms with E-state index < -0.39 is 30.4 Å². The van der Waals surface area contributed by atoms with Crippen LogP contribution in [0.2, 0.25) is 0 Å². The molecule has 1 aliphatic carbocycles. The molecule has 0 aromatic heterocycles. The van der Waals surface area contributed by atoms with Crippen molar-refractivity contribution in [2.75, 3.05) is 52.9 Å². The first-order chi connectivity index (χ1) is 34.3. The van der Waals surface area contributed by atoms with Crippen LogP contribution in [0.4, 0.5) is 0 Å². The van der Waals surface area contributed by atoms with Gasteiger partial charge in [-0.2, -0.15) is 0 Å². The molecule has 4 aromatic carbocycles. The quantitative estimate of drug-likeness (QED) is 0.0341. The summed E-state index contributed by atoms with van der Waals surface area (Å²) in [6, 6.07) is 11.6. The first kappa shape index (κ1) is 59.6. The summed E-state index contributed by atoms with van der Waals surface area (Å²) in [5.41, 5.74) is 2.72. The van der Waals surface area contributed by atoms with Crippen LogP contribution < -0.4 is 59.7 Å². The zero-order chi connectivity index (χ0) is 52.7. The second kappa shape index (κ2) is 27.5. The van der Waals surface area contributed by atoms with Crippen LogP contribution in [0.1, 0.15) is 151 Å². The van der Waals surface area contributed by atoms with Crippen LogP contribution in [0, 0.1) is 0 Å². The van der Waals surface area contributed by atoms with Gasteiger partial charge in [-0.15, -0.1) is 0 Å². The van der Waals surface area contributed by atoms with Gasteiger partial charge < -0.3 is 74.9 Å². The zero-order valence-electron chi connectivity index (χ0n) is 43.1. The summed E-state index contributed by atoms with van der Waals surface area (Å²) in [6.07, 6.45) is 4.98. The van der Waals surface area contributed by atoms with Crippen LogP contribution in [0.25, 0.3) is 0 Å². The maximum Gasteiger partial charge on any atom is 0.165 e. The fourth-order valence-corrected chi connectivity index (χ4v) is 12.9. The lowest BCUT2D eigenvalue weighted by Gasteiger charge is -2.30. The minimum Gasteiger partial charge on any atom is -0.775 e. The molecule has 0 saturated carbocycles. The van der Waals surface area contributed by atoms with Crippen LogP contribution in [0.15, 0.2) is 48.5 Å². The van der Waals surface area contributed by atoms with Crippen molar-refractivity contribution in [3.05, 3.63) is 93.0 Å². The molecule has 16 nitrogen and oxygen atoms in total. The van der Waals surface area contributed by atoms with E-state index in [-0.39, 0.29) is 99.8 Å². The molecule has 8 bridgehead atoms. The highest BCUT2D eigenvalue weighted by atomic mass is 31.2. The average Bonchev–Trinajstić information content (AvgIpc) is 3.31. The Balaban J connectivity index is 2.08. The van der Waals surface area contributed by atoms with E-state index in [9.17, 15) is 37.8 Å². The van der Waals surface area contributed by atoms with Crippen molar-refractivity contribution in [3.8, 4) is 23.0 Å². The maximum atomic E-state index is 14.1. The van der Waals surface area contributed by atoms with E-state index in [1.54, 1.807) is 27.7 Å². The summed E-state index contributed by atoms with van der Waals surface area (Å²) < 4.78 is 105. The van der Waals surface area contributed by atoms with Crippen molar-refractivity contribution >= 4 is 51.6 Å². The van der Waals surface area contributed by atoms with E-state index in [2.05, 4.69) is 0 Å². The number of unbranched alkanes of at least 4 members (excludes halogenated alkanes) is 4. The maximum absolute atomic E-state index is 14.1. The number of ether oxygens (including phenoxy) is 4. The lowest BCUT2D eigenvalue weighted by atomic mass is 9.91. The van der Waals surface area contributed by atoms with Gasteiger partial charge in [0, 0.05) is 46.9 Å². The topological polar surface area (TPSA) is 234 Å². The molecule has 5 rings (SSSR count). The molecular weight excluding hydrogens is 1000 g/mol. The second-order valence-corrected chi connectivity index (χ2v) is 24.6. The van der Waals surface area contributed by atoms with Gasteiger partial charge in [-0.05, 0) is 146 Å². The van der Waals surface area contributed by atoms with Gasteiger partial charge in [-0.1, -0.05) is 53.4 Å². The molecule has 72 heavy (non-hydrogen) atoms. The molecule has 0 fully saturated rings. The Labute approximate surface area is 426 Å². The van der Waals surface area contributed by atoms with E-state index in [0.717, 1.165) is 25.7 Å². The molecule has 0 heterocycles. The molecule has 1 aliphatic rings. The fraction of sp³-hybridized carbons (Fsp3) is 0.538. The Morgan fingerprint density at radius 3 is 0.639 bits per heavy atom. The molecule has 0 saturated heterocycles. The lowest BCUT2D eigenvalue weighted by Crippen LogP contribution is -2.23. The summed E-state index contributed by atoms with van der Waals surface area (Å²) in [6.45, 7) is 14.5. The first-order valence-electron chi connectivity index (χ1n) is 25.3. The van der Waals surface area contributed by atoms with Crippen molar-refractivity contribution in [1.29, 1.82) is 0 Å². The Morgan fingerprint density at radius 2 is 0.500 bits per heavy atom. The molecule has 400 valence electrons. The number of hydrogen-bond acceptors (Lipinski definition) is 16. The minimum atomic E-state index is -4.79. The Bertz CT molecular complexity index is 2200. The SMILES string of the molecule is CCCCOc1c2cc(P(=O)([O-])OCC)cc1Cc1cc(P(=O)([O-])OCC)cc(c1OCCCC)Cc1cc(P(=O)([O-])OCC)cc(c1OCCCC)Cc1cc(P(=O)([O-])OCC)cc(c1OCCCC)C2. The summed E-state index contributed by atoms with van der Waals surface area (Å²) in [5.74, 6) is 1.18. The van der Waals surface area contributed by atoms with Gasteiger partial charge in [0.1, 0.15) is 23.0 Å². The van der Waals surface area contributed by atoms with Crippen molar-refractivity contribution in [1.82, 2.24) is 0 Å². The Kier molecular flexibility index (Phi) is 22.7. The van der Waals surface area contributed by atoms with Crippen LogP contribution in [0.5, 0.6) is 23.0 Å². The molecule has 20 heteroatoms. The minimum absolute atomic E-state index is 0.140. The molecule has 0 aliphatic heterocycles. The average molecular weight is 1080 g/mol. The normalized spacial score (nSPS) is 15.9. The molecule has 4 unspecified atom stereocenters. The molecule has 0 radical (unpaired) electrons. The molecular formula is C52H72O16P4-4.